The second-order valence-electron chi connectivity index (χ2n) is 7.18. The van der Waals surface area contributed by atoms with Gasteiger partial charge in [-0.1, -0.05) is 5.21 Å². The highest BCUT2D eigenvalue weighted by atomic mass is 16.5. The van der Waals surface area contributed by atoms with Crippen molar-refractivity contribution in [1.82, 2.24) is 24.8 Å². The fraction of sp³-hybridized carbons (Fsp3) is 0.750. The lowest BCUT2D eigenvalue weighted by molar-refractivity contribution is -0.143. The Kier molecular flexibility index (Phi) is 4.43. The number of fused-ring (bicyclic) bond motifs is 3. The summed E-state index contributed by atoms with van der Waals surface area (Å²) in [5.74, 6) is -0.0717. The molecule has 3 aliphatic rings. The predicted molar refractivity (Wildman–Crippen MR) is 87.2 cm³/mol. The van der Waals surface area contributed by atoms with Gasteiger partial charge in [-0.2, -0.15) is 0 Å². The molecule has 2 fully saturated rings. The molecule has 0 bridgehead atoms. The van der Waals surface area contributed by atoms with E-state index in [1.807, 2.05) is 14.5 Å². The van der Waals surface area contributed by atoms with Crippen LogP contribution in [0.2, 0.25) is 0 Å². The van der Waals surface area contributed by atoms with Crippen molar-refractivity contribution >= 4 is 11.8 Å². The zero-order chi connectivity index (χ0) is 17.4. The normalized spacial score (nSPS) is 27.6. The number of piperidine rings is 2. The molecular weight excluding hydrogens is 324 g/mol. The lowest BCUT2D eigenvalue weighted by atomic mass is 9.93. The molecule has 25 heavy (non-hydrogen) atoms. The molecule has 1 aromatic rings. The topological polar surface area (TPSA) is 107 Å². The summed E-state index contributed by atoms with van der Waals surface area (Å²) in [7, 11) is 0. The van der Waals surface area contributed by atoms with Gasteiger partial charge in [0.15, 0.2) is 0 Å². The van der Waals surface area contributed by atoms with E-state index in [-0.39, 0.29) is 36.4 Å². The first-order valence-corrected chi connectivity index (χ1v) is 8.92. The molecule has 0 aliphatic carbocycles. The number of nitrogens with two attached hydrogens (primary N) is 1. The van der Waals surface area contributed by atoms with Crippen molar-refractivity contribution in [1.29, 1.82) is 0 Å². The molecule has 2 amide bonds. The summed E-state index contributed by atoms with van der Waals surface area (Å²) < 4.78 is 7.82. The predicted octanol–water partition coefficient (Wildman–Crippen LogP) is -0.852. The smallest absolute Gasteiger partial charge is 0.231 e. The Bertz CT molecular complexity index is 654. The monoisotopic (exact) mass is 348 g/mol. The van der Waals surface area contributed by atoms with Gasteiger partial charge in [0.1, 0.15) is 0 Å². The van der Waals surface area contributed by atoms with Crippen LogP contribution >= 0.6 is 0 Å². The van der Waals surface area contributed by atoms with E-state index >= 15 is 0 Å². The number of primary amides is 1. The third-order valence-electron chi connectivity index (χ3n) is 5.56. The van der Waals surface area contributed by atoms with Gasteiger partial charge in [-0.15, -0.1) is 5.10 Å². The summed E-state index contributed by atoms with van der Waals surface area (Å²) in [5.41, 5.74) is 6.21. The summed E-state index contributed by atoms with van der Waals surface area (Å²) in [6.45, 7) is 3.67. The number of rotatable bonds is 3. The van der Waals surface area contributed by atoms with E-state index in [1.54, 1.807) is 6.20 Å². The fourth-order valence-corrected chi connectivity index (χ4v) is 4.20. The molecule has 0 radical (unpaired) electrons. The average Bonchev–Trinajstić information content (AvgIpc) is 3.10. The maximum atomic E-state index is 12.9. The number of carbonyl (C=O) groups is 2. The molecule has 2 atom stereocenters. The Morgan fingerprint density at radius 3 is 2.80 bits per heavy atom. The number of hydrogen-bond acceptors (Lipinski definition) is 6. The number of carbonyl (C=O) groups excluding carboxylic acids is 2. The van der Waals surface area contributed by atoms with Crippen LogP contribution in [0.1, 0.15) is 31.0 Å². The molecule has 9 nitrogen and oxygen atoms in total. The second-order valence-corrected chi connectivity index (χ2v) is 7.18. The number of aromatic nitrogens is 3. The van der Waals surface area contributed by atoms with Crippen molar-refractivity contribution in [3.8, 4) is 0 Å². The van der Waals surface area contributed by atoms with Gasteiger partial charge in [-0.05, 0) is 32.4 Å². The van der Waals surface area contributed by atoms with Crippen LogP contribution in [0.5, 0.6) is 0 Å². The molecule has 2 saturated heterocycles. The molecule has 4 heterocycles. The van der Waals surface area contributed by atoms with Gasteiger partial charge >= 0.3 is 0 Å². The van der Waals surface area contributed by atoms with E-state index < -0.39 is 0 Å². The summed E-state index contributed by atoms with van der Waals surface area (Å²) >= 11 is 0. The quantitative estimate of drug-likeness (QED) is 0.762. The van der Waals surface area contributed by atoms with Crippen LogP contribution in [-0.2, 0) is 20.9 Å². The maximum absolute atomic E-state index is 12.9. The molecule has 0 saturated carbocycles. The van der Waals surface area contributed by atoms with E-state index in [0.717, 1.165) is 44.6 Å². The first-order chi connectivity index (χ1) is 12.1. The Labute approximate surface area is 146 Å². The van der Waals surface area contributed by atoms with Crippen LogP contribution < -0.4 is 5.73 Å². The van der Waals surface area contributed by atoms with Crippen molar-refractivity contribution in [2.45, 2.75) is 38.0 Å². The number of hydrogen-bond donors (Lipinski definition) is 1. The summed E-state index contributed by atoms with van der Waals surface area (Å²) in [4.78, 5) is 27.9. The first-order valence-electron chi connectivity index (χ1n) is 8.92. The van der Waals surface area contributed by atoms with E-state index in [1.165, 1.54) is 0 Å². The van der Waals surface area contributed by atoms with Gasteiger partial charge in [0.2, 0.25) is 11.8 Å². The Balaban J connectivity index is 1.37. The molecule has 136 valence electrons. The molecular formula is C16H24N6O3. The Morgan fingerprint density at radius 2 is 2.04 bits per heavy atom. The van der Waals surface area contributed by atoms with Crippen LogP contribution in [0.25, 0.3) is 0 Å². The summed E-state index contributed by atoms with van der Waals surface area (Å²) in [6.07, 6.45) is 4.22. The molecule has 0 unspecified atom stereocenters. The van der Waals surface area contributed by atoms with E-state index in [0.29, 0.717) is 13.2 Å². The molecule has 4 rings (SSSR count). The van der Waals surface area contributed by atoms with Gasteiger partial charge in [0.25, 0.3) is 0 Å². The zero-order valence-electron chi connectivity index (χ0n) is 14.2. The second kappa shape index (κ2) is 6.72. The number of ether oxygens (including phenoxy) is 1. The van der Waals surface area contributed by atoms with Crippen LogP contribution in [0, 0.1) is 5.92 Å². The third-order valence-corrected chi connectivity index (χ3v) is 5.56. The van der Waals surface area contributed by atoms with E-state index in [2.05, 4.69) is 10.3 Å². The molecule has 0 aromatic carbocycles. The number of amides is 2. The van der Waals surface area contributed by atoms with Crippen molar-refractivity contribution in [2.75, 3.05) is 32.7 Å². The van der Waals surface area contributed by atoms with Crippen molar-refractivity contribution in [3.05, 3.63) is 11.9 Å². The minimum atomic E-state index is -0.312. The standard InChI is InChI=1S/C16H24N6O3/c17-15(23)9-20-4-1-11(2-5-20)16(24)21-6-3-14-13(8-21)22-12(10-25-14)7-18-19-22/h7,11,13-14H,1-6,8-10H2,(H2,17,23)/t13-,14-/m1/s1. The van der Waals surface area contributed by atoms with Crippen LogP contribution in [0.15, 0.2) is 6.20 Å². The third kappa shape index (κ3) is 3.25. The van der Waals surface area contributed by atoms with Crippen LogP contribution in [0.4, 0.5) is 0 Å². The van der Waals surface area contributed by atoms with Crippen LogP contribution in [-0.4, -0.2) is 75.4 Å². The molecule has 9 heteroatoms. The maximum Gasteiger partial charge on any atom is 0.231 e. The van der Waals surface area contributed by atoms with Crippen LogP contribution in [0.3, 0.4) is 0 Å². The minimum Gasteiger partial charge on any atom is -0.370 e. The first kappa shape index (κ1) is 16.5. The molecule has 1 aromatic heterocycles. The number of nitrogens with zero attached hydrogens (tertiary/aromatic N) is 5. The van der Waals surface area contributed by atoms with Gasteiger partial charge in [-0.3, -0.25) is 14.5 Å². The van der Waals surface area contributed by atoms with Gasteiger partial charge < -0.3 is 15.4 Å². The van der Waals surface area contributed by atoms with Crippen molar-refractivity contribution in [2.24, 2.45) is 11.7 Å². The largest absolute Gasteiger partial charge is 0.370 e. The molecule has 2 N–H and O–H groups in total. The summed E-state index contributed by atoms with van der Waals surface area (Å²) in [6, 6.07) is 0.0545. The highest BCUT2D eigenvalue weighted by Crippen LogP contribution is 2.31. The van der Waals surface area contributed by atoms with E-state index in [4.69, 9.17) is 10.5 Å². The molecule has 3 aliphatic heterocycles. The van der Waals surface area contributed by atoms with Crippen molar-refractivity contribution in [3.63, 3.8) is 0 Å². The van der Waals surface area contributed by atoms with Gasteiger partial charge in [0, 0.05) is 19.0 Å². The van der Waals surface area contributed by atoms with Crippen molar-refractivity contribution < 1.29 is 14.3 Å². The minimum absolute atomic E-state index is 0.0282. The number of likely N-dealkylation sites (tertiary alicyclic amines) is 2. The highest BCUT2D eigenvalue weighted by molar-refractivity contribution is 5.79. The Morgan fingerprint density at radius 1 is 1.24 bits per heavy atom. The zero-order valence-corrected chi connectivity index (χ0v) is 14.2. The SMILES string of the molecule is NC(=O)CN1CCC(C(=O)N2CC[C@H]3OCc4cnnn4[C@@H]3C2)CC1. The Hall–Kier alpha value is -2.00. The van der Waals surface area contributed by atoms with E-state index in [9.17, 15) is 9.59 Å². The van der Waals surface area contributed by atoms with Gasteiger partial charge in [-0.25, -0.2) is 4.68 Å². The lowest BCUT2D eigenvalue weighted by Crippen LogP contribution is -2.52. The highest BCUT2D eigenvalue weighted by Gasteiger charge is 2.39. The van der Waals surface area contributed by atoms with Gasteiger partial charge in [0.05, 0.1) is 37.2 Å². The molecule has 0 spiro atoms. The lowest BCUT2D eigenvalue weighted by Gasteiger charge is -2.42. The average molecular weight is 348 g/mol. The fourth-order valence-electron chi connectivity index (χ4n) is 4.20. The summed E-state index contributed by atoms with van der Waals surface area (Å²) in [5, 5.41) is 8.16.